The average molecular weight is 388 g/mol. The Morgan fingerprint density at radius 3 is 2.75 bits per heavy atom. The van der Waals surface area contributed by atoms with Crippen LogP contribution >= 0.6 is 15.9 Å². The lowest BCUT2D eigenvalue weighted by Gasteiger charge is -2.22. The van der Waals surface area contributed by atoms with Gasteiger partial charge in [-0.05, 0) is 42.2 Å². The highest BCUT2D eigenvalue weighted by atomic mass is 79.9. The van der Waals surface area contributed by atoms with Crippen molar-refractivity contribution < 1.29 is 14.3 Å². The number of hydrogen-bond acceptors (Lipinski definition) is 3. The molecule has 2 aromatic rings. The smallest absolute Gasteiger partial charge is 0.231 e. The number of hydrogen-bond donors (Lipinski definition) is 0. The van der Waals surface area contributed by atoms with Crippen LogP contribution in [0.25, 0.3) is 0 Å². The van der Waals surface area contributed by atoms with Crippen molar-refractivity contribution in [3.8, 4) is 11.5 Å². The van der Waals surface area contributed by atoms with Gasteiger partial charge >= 0.3 is 0 Å². The van der Waals surface area contributed by atoms with Crippen molar-refractivity contribution >= 4 is 27.5 Å². The summed E-state index contributed by atoms with van der Waals surface area (Å²) in [5, 5.41) is 0. The van der Waals surface area contributed by atoms with Crippen LogP contribution in [0.5, 0.6) is 11.5 Å². The molecule has 0 aromatic heterocycles. The van der Waals surface area contributed by atoms with Crippen molar-refractivity contribution in [1.29, 1.82) is 0 Å². The van der Waals surface area contributed by atoms with Gasteiger partial charge in [0.05, 0.1) is 6.42 Å². The Hall–Kier alpha value is -2.01. The van der Waals surface area contributed by atoms with E-state index in [1.165, 1.54) is 5.56 Å². The van der Waals surface area contributed by atoms with Gasteiger partial charge in [-0.1, -0.05) is 34.1 Å². The van der Waals surface area contributed by atoms with Gasteiger partial charge in [0.25, 0.3) is 0 Å². The zero-order valence-electron chi connectivity index (χ0n) is 13.5. The molecular formula is C19H18BrNO3. The molecule has 0 aliphatic carbocycles. The lowest BCUT2D eigenvalue weighted by molar-refractivity contribution is -0.117. The maximum absolute atomic E-state index is 12.9. The van der Waals surface area contributed by atoms with E-state index in [2.05, 4.69) is 41.1 Å². The molecule has 2 aliphatic rings. The highest BCUT2D eigenvalue weighted by molar-refractivity contribution is 9.10. The quantitative estimate of drug-likeness (QED) is 0.788. The maximum Gasteiger partial charge on any atom is 0.231 e. The lowest BCUT2D eigenvalue weighted by atomic mass is 10.1. The Kier molecular flexibility index (Phi) is 3.96. The van der Waals surface area contributed by atoms with E-state index in [1.54, 1.807) is 0 Å². The van der Waals surface area contributed by atoms with Crippen molar-refractivity contribution in [2.75, 3.05) is 24.7 Å². The van der Waals surface area contributed by atoms with Crippen LogP contribution in [0.3, 0.4) is 0 Å². The first-order chi connectivity index (χ1) is 11.6. The van der Waals surface area contributed by atoms with E-state index in [4.69, 9.17) is 9.47 Å². The Labute approximate surface area is 149 Å². The number of ether oxygens (including phenoxy) is 2. The van der Waals surface area contributed by atoms with Crippen molar-refractivity contribution in [3.63, 3.8) is 0 Å². The minimum Gasteiger partial charge on any atom is -0.486 e. The number of amides is 1. The van der Waals surface area contributed by atoms with E-state index < -0.39 is 0 Å². The summed E-state index contributed by atoms with van der Waals surface area (Å²) in [6, 6.07) is 10.0. The molecule has 1 amide bonds. The molecule has 4 rings (SSSR count). The molecule has 2 aliphatic heterocycles. The summed E-state index contributed by atoms with van der Waals surface area (Å²) >= 11 is 3.55. The van der Waals surface area contributed by atoms with Crippen LogP contribution in [0, 0.1) is 6.92 Å². The molecule has 0 saturated carbocycles. The second-order valence-electron chi connectivity index (χ2n) is 6.14. The van der Waals surface area contributed by atoms with Crippen LogP contribution in [0.4, 0.5) is 5.69 Å². The first kappa shape index (κ1) is 15.5. The van der Waals surface area contributed by atoms with Gasteiger partial charge in [0.2, 0.25) is 5.91 Å². The second-order valence-corrected chi connectivity index (χ2v) is 7.00. The largest absolute Gasteiger partial charge is 0.486 e. The minimum atomic E-state index is 0.112. The summed E-state index contributed by atoms with van der Waals surface area (Å²) in [5.41, 5.74) is 4.41. The van der Waals surface area contributed by atoms with Gasteiger partial charge in [0.15, 0.2) is 11.5 Å². The van der Waals surface area contributed by atoms with Gasteiger partial charge in [-0.15, -0.1) is 0 Å². The van der Waals surface area contributed by atoms with E-state index in [0.29, 0.717) is 25.4 Å². The molecule has 2 aromatic carbocycles. The topological polar surface area (TPSA) is 38.8 Å². The maximum atomic E-state index is 12.9. The summed E-state index contributed by atoms with van der Waals surface area (Å²) < 4.78 is 12.1. The van der Waals surface area contributed by atoms with Crippen LogP contribution in [0.2, 0.25) is 0 Å². The third-order valence-corrected chi connectivity index (χ3v) is 5.29. The van der Waals surface area contributed by atoms with E-state index in [1.807, 2.05) is 17.0 Å². The third-order valence-electron chi connectivity index (χ3n) is 4.55. The first-order valence-corrected chi connectivity index (χ1v) is 8.89. The second kappa shape index (κ2) is 6.13. The minimum absolute atomic E-state index is 0.112. The van der Waals surface area contributed by atoms with Crippen molar-refractivity contribution in [1.82, 2.24) is 0 Å². The van der Waals surface area contributed by atoms with Crippen LogP contribution < -0.4 is 14.4 Å². The Morgan fingerprint density at radius 1 is 1.21 bits per heavy atom. The number of aryl methyl sites for hydroxylation is 1. The molecule has 0 atom stereocenters. The van der Waals surface area contributed by atoms with E-state index in [-0.39, 0.29) is 5.91 Å². The Bertz CT molecular complexity index is 818. The molecule has 24 heavy (non-hydrogen) atoms. The summed E-state index contributed by atoms with van der Waals surface area (Å²) in [7, 11) is 0. The van der Waals surface area contributed by atoms with Crippen LogP contribution in [0.1, 0.15) is 16.7 Å². The molecule has 5 heteroatoms. The van der Waals surface area contributed by atoms with Gasteiger partial charge in [-0.25, -0.2) is 0 Å². The fourth-order valence-electron chi connectivity index (χ4n) is 3.40. The molecule has 0 N–H and O–H groups in total. The fourth-order valence-corrected chi connectivity index (χ4v) is 3.86. The first-order valence-electron chi connectivity index (χ1n) is 8.10. The zero-order chi connectivity index (χ0) is 16.7. The standard InChI is InChI=1S/C19H18BrNO3/c1-12-3-2-4-13-5-6-21(19(12)13)18(22)10-14-9-16-17(11-15(14)20)24-8-7-23-16/h2-4,9,11H,5-8,10H2,1H3. The predicted octanol–water partition coefficient (Wildman–Crippen LogP) is 3.66. The highest BCUT2D eigenvalue weighted by Crippen LogP contribution is 2.37. The number of nitrogens with zero attached hydrogens (tertiary/aromatic N) is 1. The average Bonchev–Trinajstić information content (AvgIpc) is 3.01. The molecule has 2 heterocycles. The number of carbonyl (C=O) groups excluding carboxylic acids is 1. The highest BCUT2D eigenvalue weighted by Gasteiger charge is 2.27. The van der Waals surface area contributed by atoms with Gasteiger partial charge in [-0.2, -0.15) is 0 Å². The number of halogens is 1. The van der Waals surface area contributed by atoms with Gasteiger partial charge in [0, 0.05) is 16.7 Å². The molecule has 0 spiro atoms. The van der Waals surface area contributed by atoms with Crippen molar-refractivity contribution in [3.05, 3.63) is 51.5 Å². The molecule has 0 radical (unpaired) electrons. The molecule has 4 nitrogen and oxygen atoms in total. The molecule has 0 saturated heterocycles. The van der Waals surface area contributed by atoms with E-state index >= 15 is 0 Å². The van der Waals surface area contributed by atoms with Crippen LogP contribution in [-0.4, -0.2) is 25.7 Å². The van der Waals surface area contributed by atoms with Crippen molar-refractivity contribution in [2.24, 2.45) is 0 Å². The Morgan fingerprint density at radius 2 is 1.96 bits per heavy atom. The van der Waals surface area contributed by atoms with E-state index in [0.717, 1.165) is 40.0 Å². The lowest BCUT2D eigenvalue weighted by Crippen LogP contribution is -2.31. The summed E-state index contributed by atoms with van der Waals surface area (Å²) in [6.07, 6.45) is 1.26. The summed E-state index contributed by atoms with van der Waals surface area (Å²) in [6.45, 7) is 3.91. The number of para-hydroxylation sites is 1. The normalized spacial score (nSPS) is 15.3. The third kappa shape index (κ3) is 2.67. The van der Waals surface area contributed by atoms with Gasteiger partial charge in [-0.3, -0.25) is 4.79 Å². The van der Waals surface area contributed by atoms with Crippen LogP contribution in [-0.2, 0) is 17.6 Å². The zero-order valence-corrected chi connectivity index (χ0v) is 15.1. The molecule has 0 fully saturated rings. The monoisotopic (exact) mass is 387 g/mol. The molecule has 124 valence electrons. The SMILES string of the molecule is Cc1cccc2c1N(C(=O)Cc1cc3c(cc1Br)OCCO3)CC2. The number of rotatable bonds is 2. The number of benzene rings is 2. The predicted molar refractivity (Wildman–Crippen MR) is 96.1 cm³/mol. The van der Waals surface area contributed by atoms with E-state index in [9.17, 15) is 4.79 Å². The molecular weight excluding hydrogens is 370 g/mol. The van der Waals surface area contributed by atoms with Crippen LogP contribution in [0.15, 0.2) is 34.8 Å². The van der Waals surface area contributed by atoms with Gasteiger partial charge in [0.1, 0.15) is 13.2 Å². The molecule has 0 unspecified atom stereocenters. The summed E-state index contributed by atoms with van der Waals surface area (Å²) in [5.74, 6) is 1.55. The molecule has 0 bridgehead atoms. The number of carbonyl (C=O) groups is 1. The summed E-state index contributed by atoms with van der Waals surface area (Å²) in [4.78, 5) is 14.8. The fraction of sp³-hybridized carbons (Fsp3) is 0.316. The van der Waals surface area contributed by atoms with Crippen molar-refractivity contribution in [2.45, 2.75) is 19.8 Å². The Balaban J connectivity index is 1.60. The number of anilines is 1. The van der Waals surface area contributed by atoms with Gasteiger partial charge < -0.3 is 14.4 Å². The number of fused-ring (bicyclic) bond motifs is 2.